The Bertz CT molecular complexity index is 385. The zero-order valence-corrected chi connectivity index (χ0v) is 12.2. The van der Waals surface area contributed by atoms with Crippen molar-refractivity contribution < 1.29 is 4.79 Å². The van der Waals surface area contributed by atoms with E-state index in [1.54, 1.807) is 0 Å². The van der Waals surface area contributed by atoms with Crippen LogP contribution in [0, 0.1) is 0 Å². The van der Waals surface area contributed by atoms with Gasteiger partial charge in [-0.3, -0.25) is 4.79 Å². The molecule has 0 atom stereocenters. The summed E-state index contributed by atoms with van der Waals surface area (Å²) in [6, 6.07) is 0. The molecule has 4 nitrogen and oxygen atoms in total. The Morgan fingerprint density at radius 3 is 2.42 bits per heavy atom. The molecular formula is C14H22ClN3O. The van der Waals surface area contributed by atoms with E-state index in [9.17, 15) is 4.79 Å². The zero-order chi connectivity index (χ0) is 13.9. The third-order valence-electron chi connectivity index (χ3n) is 2.92. The van der Waals surface area contributed by atoms with E-state index in [2.05, 4.69) is 22.2 Å². The van der Waals surface area contributed by atoms with Crippen molar-refractivity contribution >= 4 is 23.3 Å². The van der Waals surface area contributed by atoms with Crippen molar-refractivity contribution in [1.82, 2.24) is 9.97 Å². The second-order valence-electron chi connectivity index (χ2n) is 4.62. The van der Waals surface area contributed by atoms with Gasteiger partial charge in [0.25, 0.3) is 0 Å². The minimum atomic E-state index is -0.0454. The van der Waals surface area contributed by atoms with Gasteiger partial charge in [0.15, 0.2) is 11.0 Å². The van der Waals surface area contributed by atoms with Gasteiger partial charge in [-0.1, -0.05) is 57.0 Å². The molecule has 0 fully saturated rings. The van der Waals surface area contributed by atoms with Crippen molar-refractivity contribution in [2.75, 3.05) is 5.32 Å². The molecule has 0 spiro atoms. The van der Waals surface area contributed by atoms with Crippen molar-refractivity contribution in [2.24, 2.45) is 0 Å². The molecule has 19 heavy (non-hydrogen) atoms. The largest absolute Gasteiger partial charge is 0.308 e. The lowest BCUT2D eigenvalue weighted by Crippen LogP contribution is -2.12. The molecule has 0 aliphatic heterocycles. The van der Waals surface area contributed by atoms with Crippen molar-refractivity contribution in [2.45, 2.75) is 58.3 Å². The summed E-state index contributed by atoms with van der Waals surface area (Å²) >= 11 is 5.81. The van der Waals surface area contributed by atoms with Crippen molar-refractivity contribution in [3.05, 3.63) is 17.5 Å². The maximum Gasteiger partial charge on any atom is 0.225 e. The van der Waals surface area contributed by atoms with E-state index in [1.807, 2.05) is 0 Å². The number of anilines is 1. The highest BCUT2D eigenvalue weighted by atomic mass is 35.5. The van der Waals surface area contributed by atoms with Crippen LogP contribution in [0.15, 0.2) is 12.4 Å². The number of carbonyl (C=O) groups is 1. The third kappa shape index (κ3) is 7.11. The van der Waals surface area contributed by atoms with Crippen LogP contribution in [0.5, 0.6) is 0 Å². The lowest BCUT2D eigenvalue weighted by Gasteiger charge is -2.05. The third-order valence-corrected chi connectivity index (χ3v) is 3.20. The Balaban J connectivity index is 2.10. The average Bonchev–Trinajstić information content (AvgIpc) is 2.40. The summed E-state index contributed by atoms with van der Waals surface area (Å²) in [6.07, 6.45) is 11.9. The summed E-state index contributed by atoms with van der Waals surface area (Å²) < 4.78 is 0. The highest BCUT2D eigenvalue weighted by Crippen LogP contribution is 2.15. The minimum Gasteiger partial charge on any atom is -0.308 e. The minimum absolute atomic E-state index is 0.0454. The van der Waals surface area contributed by atoms with Gasteiger partial charge in [-0.05, 0) is 6.42 Å². The molecule has 5 heteroatoms. The number of rotatable bonds is 9. The van der Waals surface area contributed by atoms with Gasteiger partial charge in [0.2, 0.25) is 5.91 Å². The predicted octanol–water partition coefficient (Wildman–Crippen LogP) is 4.21. The molecule has 0 aliphatic rings. The Kier molecular flexibility index (Phi) is 8.14. The normalized spacial score (nSPS) is 10.4. The number of halogens is 1. The molecule has 0 bridgehead atoms. The van der Waals surface area contributed by atoms with E-state index >= 15 is 0 Å². The summed E-state index contributed by atoms with van der Waals surface area (Å²) in [5, 5.41) is 2.91. The lowest BCUT2D eigenvalue weighted by atomic mass is 10.1. The van der Waals surface area contributed by atoms with Crippen LogP contribution in [-0.4, -0.2) is 15.9 Å². The van der Waals surface area contributed by atoms with Gasteiger partial charge < -0.3 is 5.32 Å². The monoisotopic (exact) mass is 283 g/mol. The van der Waals surface area contributed by atoms with E-state index in [0.29, 0.717) is 12.2 Å². The van der Waals surface area contributed by atoms with Crippen LogP contribution in [-0.2, 0) is 4.79 Å². The standard InChI is InChI=1S/C14H22ClN3O/c1-2-3-4-5-6-7-8-9-12(19)18-14-13(15)16-10-11-17-14/h10-11H,2-9H2,1H3,(H,17,18,19). The Morgan fingerprint density at radius 2 is 1.74 bits per heavy atom. The van der Waals surface area contributed by atoms with E-state index in [4.69, 9.17) is 11.6 Å². The molecule has 0 aromatic carbocycles. The summed E-state index contributed by atoms with van der Waals surface area (Å²) in [6.45, 7) is 2.21. The topological polar surface area (TPSA) is 54.9 Å². The van der Waals surface area contributed by atoms with Crippen LogP contribution in [0.4, 0.5) is 5.82 Å². The summed E-state index contributed by atoms with van der Waals surface area (Å²) in [4.78, 5) is 19.5. The first-order chi connectivity index (χ1) is 9.24. The van der Waals surface area contributed by atoms with Crippen LogP contribution in [0.1, 0.15) is 58.3 Å². The zero-order valence-electron chi connectivity index (χ0n) is 11.5. The van der Waals surface area contributed by atoms with Gasteiger partial charge in [0, 0.05) is 18.8 Å². The van der Waals surface area contributed by atoms with Crippen LogP contribution >= 0.6 is 11.6 Å². The smallest absolute Gasteiger partial charge is 0.225 e. The first kappa shape index (κ1) is 15.9. The Morgan fingerprint density at radius 1 is 1.11 bits per heavy atom. The predicted molar refractivity (Wildman–Crippen MR) is 78.3 cm³/mol. The van der Waals surface area contributed by atoms with E-state index in [1.165, 1.54) is 44.5 Å². The number of unbranched alkanes of at least 4 members (excludes halogenated alkanes) is 6. The van der Waals surface area contributed by atoms with Crippen LogP contribution in [0.2, 0.25) is 5.15 Å². The molecule has 1 heterocycles. The molecule has 0 saturated heterocycles. The number of aromatic nitrogens is 2. The van der Waals surface area contributed by atoms with Gasteiger partial charge in [0.05, 0.1) is 0 Å². The fraction of sp³-hybridized carbons (Fsp3) is 0.643. The molecule has 1 aromatic heterocycles. The second-order valence-corrected chi connectivity index (χ2v) is 4.97. The van der Waals surface area contributed by atoms with Gasteiger partial charge in [0.1, 0.15) is 0 Å². The van der Waals surface area contributed by atoms with E-state index in [-0.39, 0.29) is 11.1 Å². The fourth-order valence-electron chi connectivity index (χ4n) is 1.84. The highest BCUT2D eigenvalue weighted by molar-refractivity contribution is 6.32. The first-order valence-electron chi connectivity index (χ1n) is 7.00. The second kappa shape index (κ2) is 9.73. The molecule has 0 saturated carbocycles. The maximum atomic E-state index is 11.7. The van der Waals surface area contributed by atoms with Crippen LogP contribution < -0.4 is 5.32 Å². The molecule has 1 amide bonds. The van der Waals surface area contributed by atoms with Gasteiger partial charge in [-0.2, -0.15) is 0 Å². The van der Waals surface area contributed by atoms with Crippen molar-refractivity contribution in [3.63, 3.8) is 0 Å². The number of amides is 1. The number of nitrogens with zero attached hydrogens (tertiary/aromatic N) is 2. The van der Waals surface area contributed by atoms with Gasteiger partial charge >= 0.3 is 0 Å². The van der Waals surface area contributed by atoms with Gasteiger partial charge in [-0.25, -0.2) is 9.97 Å². The Hall–Kier alpha value is -1.16. The number of carbonyl (C=O) groups excluding carboxylic acids is 1. The quantitative estimate of drug-likeness (QED) is 0.691. The van der Waals surface area contributed by atoms with Crippen LogP contribution in [0.3, 0.4) is 0 Å². The number of hydrogen-bond acceptors (Lipinski definition) is 3. The molecule has 0 radical (unpaired) electrons. The van der Waals surface area contributed by atoms with E-state index < -0.39 is 0 Å². The van der Waals surface area contributed by atoms with E-state index in [0.717, 1.165) is 12.8 Å². The average molecular weight is 284 g/mol. The maximum absolute atomic E-state index is 11.7. The highest BCUT2D eigenvalue weighted by Gasteiger charge is 2.06. The SMILES string of the molecule is CCCCCCCCCC(=O)Nc1nccnc1Cl. The van der Waals surface area contributed by atoms with Crippen molar-refractivity contribution in [1.29, 1.82) is 0 Å². The summed E-state index contributed by atoms with van der Waals surface area (Å²) in [5.74, 6) is 0.299. The fourth-order valence-corrected chi connectivity index (χ4v) is 1.99. The number of nitrogens with one attached hydrogen (secondary N) is 1. The van der Waals surface area contributed by atoms with Crippen molar-refractivity contribution in [3.8, 4) is 0 Å². The number of hydrogen-bond donors (Lipinski definition) is 1. The molecule has 0 aliphatic carbocycles. The summed E-state index contributed by atoms with van der Waals surface area (Å²) in [5.41, 5.74) is 0. The first-order valence-corrected chi connectivity index (χ1v) is 7.38. The molecule has 1 N–H and O–H groups in total. The Labute approximate surface area is 120 Å². The molecule has 1 aromatic rings. The summed E-state index contributed by atoms with van der Waals surface area (Å²) in [7, 11) is 0. The van der Waals surface area contributed by atoms with Gasteiger partial charge in [-0.15, -0.1) is 0 Å². The molecule has 1 rings (SSSR count). The molecule has 106 valence electrons. The molecular weight excluding hydrogens is 262 g/mol. The van der Waals surface area contributed by atoms with Crippen LogP contribution in [0.25, 0.3) is 0 Å². The lowest BCUT2D eigenvalue weighted by molar-refractivity contribution is -0.116. The molecule has 0 unspecified atom stereocenters.